The average Bonchev–Trinajstić information content (AvgIpc) is 3.17. The first-order valence-corrected chi connectivity index (χ1v) is 9.41. The number of rotatable bonds is 4. The first kappa shape index (κ1) is 22.7. The Hall–Kier alpha value is -2.58. The monoisotopic (exact) mass is 410 g/mol. The number of carboxylic acid groups (broad SMARTS) is 1. The van der Waals surface area contributed by atoms with Gasteiger partial charge in [0, 0.05) is 37.7 Å². The maximum Gasteiger partial charge on any atom is 0.408 e. The number of ether oxygens (including phenoxy) is 2. The van der Waals surface area contributed by atoms with E-state index in [-0.39, 0.29) is 5.57 Å². The highest BCUT2D eigenvalue weighted by molar-refractivity contribution is 6.16. The minimum Gasteiger partial charge on any atom is -0.481 e. The van der Waals surface area contributed by atoms with Crippen LogP contribution in [0.5, 0.6) is 0 Å². The molecule has 0 aromatic rings. The lowest BCUT2D eigenvalue weighted by Crippen LogP contribution is -2.60. The van der Waals surface area contributed by atoms with Crippen molar-refractivity contribution >= 4 is 23.8 Å². The summed E-state index contributed by atoms with van der Waals surface area (Å²) in [6, 6.07) is 0. The molecule has 0 radical (unpaired) electrons. The van der Waals surface area contributed by atoms with Crippen molar-refractivity contribution in [2.24, 2.45) is 17.8 Å². The number of ketones is 1. The van der Waals surface area contributed by atoms with Gasteiger partial charge in [0.25, 0.3) is 0 Å². The maximum atomic E-state index is 13.3. The van der Waals surface area contributed by atoms with E-state index in [9.17, 15) is 24.3 Å². The van der Waals surface area contributed by atoms with E-state index in [1.54, 1.807) is 60.5 Å². The van der Waals surface area contributed by atoms with Crippen LogP contribution in [0.3, 0.4) is 0 Å². The summed E-state index contributed by atoms with van der Waals surface area (Å²) in [5.41, 5.74) is -3.72. The second-order valence-corrected chi connectivity index (χ2v) is 9.72. The summed E-state index contributed by atoms with van der Waals surface area (Å²) >= 11 is 0. The number of Topliss-reactive ketones (excluding diaryl/α,β-unsaturated/α-hetero) is 1. The molecule has 0 spiro atoms. The minimum atomic E-state index is -1.94. The summed E-state index contributed by atoms with van der Waals surface area (Å²) in [6.45, 7) is 9.92. The summed E-state index contributed by atoms with van der Waals surface area (Å²) in [4.78, 5) is 52.2. The van der Waals surface area contributed by atoms with Crippen LogP contribution in [0.25, 0.3) is 0 Å². The Morgan fingerprint density at radius 3 is 2.00 bits per heavy atom. The second kappa shape index (κ2) is 7.03. The summed E-state index contributed by atoms with van der Waals surface area (Å²) in [6.07, 6.45) is 0.492. The molecule has 0 aliphatic heterocycles. The van der Waals surface area contributed by atoms with E-state index in [2.05, 4.69) is 5.32 Å². The summed E-state index contributed by atoms with van der Waals surface area (Å²) < 4.78 is 10.8. The van der Waals surface area contributed by atoms with Crippen molar-refractivity contribution in [1.29, 1.82) is 0 Å². The zero-order valence-electron chi connectivity index (χ0n) is 18.2. The molecule has 0 aromatic heterocycles. The van der Waals surface area contributed by atoms with Crippen molar-refractivity contribution in [3.05, 3.63) is 11.8 Å². The van der Waals surface area contributed by atoms with E-state index in [1.807, 2.05) is 0 Å². The normalized spacial score (nSPS) is 29.9. The third kappa shape index (κ3) is 4.38. The molecule has 0 aromatic carbocycles. The first-order valence-electron chi connectivity index (χ1n) is 9.41. The third-order valence-corrected chi connectivity index (χ3v) is 4.60. The van der Waals surface area contributed by atoms with E-state index < -0.39 is 58.3 Å². The van der Waals surface area contributed by atoms with Crippen molar-refractivity contribution in [3.63, 3.8) is 0 Å². The highest BCUT2D eigenvalue weighted by atomic mass is 16.6. The van der Waals surface area contributed by atoms with Gasteiger partial charge in [-0.25, -0.2) is 9.59 Å². The van der Waals surface area contributed by atoms with Gasteiger partial charge in [-0.15, -0.1) is 0 Å². The topological polar surface area (TPSA) is 122 Å². The van der Waals surface area contributed by atoms with Crippen molar-refractivity contribution in [2.75, 3.05) is 14.1 Å². The van der Waals surface area contributed by atoms with Gasteiger partial charge >= 0.3 is 18.0 Å². The molecule has 2 fully saturated rings. The SMILES string of the molecule is CN(C)C=C1C(=O)C2C(C(=O)O)C2C1(NC(=O)OC(C)(C)C)C(=O)OC(C)(C)C. The second-order valence-electron chi connectivity index (χ2n) is 9.72. The van der Waals surface area contributed by atoms with Crippen LogP contribution in [0, 0.1) is 17.8 Å². The molecule has 9 heteroatoms. The molecule has 0 heterocycles. The summed E-state index contributed by atoms with van der Waals surface area (Å²) in [5.74, 6) is -5.49. The fourth-order valence-electron chi connectivity index (χ4n) is 3.73. The van der Waals surface area contributed by atoms with Crippen LogP contribution in [0.15, 0.2) is 11.8 Å². The number of hydrogen-bond acceptors (Lipinski definition) is 7. The van der Waals surface area contributed by atoms with Crippen molar-refractivity contribution in [3.8, 4) is 0 Å². The number of nitrogens with one attached hydrogen (secondary N) is 1. The zero-order valence-corrected chi connectivity index (χ0v) is 18.2. The average molecular weight is 410 g/mol. The maximum absolute atomic E-state index is 13.3. The Kier molecular flexibility index (Phi) is 5.51. The van der Waals surface area contributed by atoms with Crippen LogP contribution in [0.1, 0.15) is 41.5 Å². The summed E-state index contributed by atoms with van der Waals surface area (Å²) in [5, 5.41) is 12.1. The van der Waals surface area contributed by atoms with Crippen LogP contribution >= 0.6 is 0 Å². The van der Waals surface area contributed by atoms with Crippen molar-refractivity contribution in [1.82, 2.24) is 10.2 Å². The van der Waals surface area contributed by atoms with Gasteiger partial charge < -0.3 is 24.8 Å². The first-order chi connectivity index (χ1) is 13.0. The van der Waals surface area contributed by atoms with Gasteiger partial charge in [-0.1, -0.05) is 0 Å². The highest BCUT2D eigenvalue weighted by Gasteiger charge is 2.79. The Balaban J connectivity index is 2.61. The molecule has 4 unspecified atom stereocenters. The quantitative estimate of drug-likeness (QED) is 0.529. The Bertz CT molecular complexity index is 773. The smallest absolute Gasteiger partial charge is 0.408 e. The van der Waals surface area contributed by atoms with Gasteiger partial charge in [0.2, 0.25) is 0 Å². The van der Waals surface area contributed by atoms with Crippen molar-refractivity contribution < 1.29 is 33.8 Å². The third-order valence-electron chi connectivity index (χ3n) is 4.60. The number of esters is 1. The molecule has 29 heavy (non-hydrogen) atoms. The standard InChI is InChI=1S/C20H30N2O7/c1-18(2,3)28-16(26)20(21-17(27)29-19(4,5)6)10(9-22(7)8)14(23)11-12(13(11)20)15(24)25/h9,11-13H,1-8H3,(H,21,27)(H,24,25). The van der Waals surface area contributed by atoms with Gasteiger partial charge in [0.1, 0.15) is 11.2 Å². The van der Waals surface area contributed by atoms with E-state index in [4.69, 9.17) is 9.47 Å². The van der Waals surface area contributed by atoms with Crippen molar-refractivity contribution in [2.45, 2.75) is 58.3 Å². The predicted molar refractivity (Wildman–Crippen MR) is 103 cm³/mol. The molecule has 9 nitrogen and oxygen atoms in total. The molecule has 2 saturated carbocycles. The predicted octanol–water partition coefficient (Wildman–Crippen LogP) is 1.57. The number of carbonyl (C=O) groups excluding carboxylic acids is 3. The zero-order chi connectivity index (χ0) is 22.5. The molecule has 1 amide bonds. The summed E-state index contributed by atoms with van der Waals surface area (Å²) in [7, 11) is 3.32. The number of fused-ring (bicyclic) bond motifs is 1. The lowest BCUT2D eigenvalue weighted by atomic mass is 9.85. The fourth-order valence-corrected chi connectivity index (χ4v) is 3.73. The molecule has 2 rings (SSSR count). The molecule has 0 saturated heterocycles. The minimum absolute atomic E-state index is 0.00453. The number of alkyl carbamates (subject to hydrolysis) is 1. The molecule has 0 bridgehead atoms. The van der Waals surface area contributed by atoms with E-state index in [0.29, 0.717) is 0 Å². The van der Waals surface area contributed by atoms with Gasteiger partial charge in [-0.05, 0) is 41.5 Å². The number of aliphatic carboxylic acids is 1. The van der Waals surface area contributed by atoms with Crippen LogP contribution in [0.4, 0.5) is 4.79 Å². The molecule has 2 N–H and O–H groups in total. The van der Waals surface area contributed by atoms with Gasteiger partial charge in [-0.3, -0.25) is 9.59 Å². The Morgan fingerprint density at radius 2 is 1.59 bits per heavy atom. The van der Waals surface area contributed by atoms with Crippen LogP contribution < -0.4 is 5.32 Å². The molecule has 162 valence electrons. The molecular formula is C20H30N2O7. The largest absolute Gasteiger partial charge is 0.481 e. The number of nitrogens with zero attached hydrogens (tertiary/aromatic N) is 1. The fraction of sp³-hybridized carbons (Fsp3) is 0.700. The van der Waals surface area contributed by atoms with Crippen LogP contribution in [-0.2, 0) is 23.9 Å². The number of carboxylic acids is 1. The van der Waals surface area contributed by atoms with E-state index >= 15 is 0 Å². The lowest BCUT2D eigenvalue weighted by molar-refractivity contribution is -0.162. The molecular weight excluding hydrogens is 380 g/mol. The highest BCUT2D eigenvalue weighted by Crippen LogP contribution is 2.63. The Labute approximate surface area is 170 Å². The lowest BCUT2D eigenvalue weighted by Gasteiger charge is -2.35. The molecule has 2 aliphatic rings. The number of carbonyl (C=O) groups is 4. The van der Waals surface area contributed by atoms with E-state index in [1.165, 1.54) is 6.20 Å². The Morgan fingerprint density at radius 1 is 1.07 bits per heavy atom. The van der Waals surface area contributed by atoms with Gasteiger partial charge in [0.05, 0.1) is 5.92 Å². The van der Waals surface area contributed by atoms with Crippen LogP contribution in [0.2, 0.25) is 0 Å². The van der Waals surface area contributed by atoms with Crippen LogP contribution in [-0.4, -0.2) is 64.7 Å². The number of hydrogen-bond donors (Lipinski definition) is 2. The molecule has 2 aliphatic carbocycles. The molecule has 4 atom stereocenters. The van der Waals surface area contributed by atoms with E-state index in [0.717, 1.165) is 0 Å². The van der Waals surface area contributed by atoms with Gasteiger partial charge in [0.15, 0.2) is 11.3 Å². The number of amides is 1. The van der Waals surface area contributed by atoms with Gasteiger partial charge in [-0.2, -0.15) is 0 Å².